The van der Waals surface area contributed by atoms with Crippen molar-refractivity contribution in [2.24, 2.45) is 0 Å². The molecule has 0 aliphatic rings. The standard InChI is InChI=1S/C15H14N2OS/c1-10-5-8-13-14(15(18)17-19-13)12(10)7-6-11-4-2-3-9-16-11/h2-5,8-9H,6-7H2,1H3,(H,17,18). The number of hydrogen-bond acceptors (Lipinski definition) is 3. The van der Waals surface area contributed by atoms with E-state index < -0.39 is 0 Å². The number of aryl methyl sites for hydroxylation is 3. The van der Waals surface area contributed by atoms with Crippen LogP contribution in [0.4, 0.5) is 0 Å². The summed E-state index contributed by atoms with van der Waals surface area (Å²) in [5, 5.41) is 0.848. The van der Waals surface area contributed by atoms with Crippen molar-refractivity contribution >= 4 is 21.6 Å². The van der Waals surface area contributed by atoms with E-state index in [1.165, 1.54) is 17.1 Å². The minimum Gasteiger partial charge on any atom is -0.277 e. The van der Waals surface area contributed by atoms with Crippen LogP contribution >= 0.6 is 11.5 Å². The molecule has 0 saturated carbocycles. The van der Waals surface area contributed by atoms with Crippen molar-refractivity contribution in [3.05, 3.63) is 63.7 Å². The molecule has 0 amide bonds. The van der Waals surface area contributed by atoms with E-state index in [4.69, 9.17) is 0 Å². The molecule has 4 heteroatoms. The third kappa shape index (κ3) is 2.31. The second-order valence-corrected chi connectivity index (χ2v) is 5.44. The molecular weight excluding hydrogens is 256 g/mol. The van der Waals surface area contributed by atoms with E-state index in [0.717, 1.165) is 34.2 Å². The predicted molar refractivity (Wildman–Crippen MR) is 78.8 cm³/mol. The second kappa shape index (κ2) is 4.97. The average molecular weight is 270 g/mol. The Balaban J connectivity index is 1.98. The molecule has 19 heavy (non-hydrogen) atoms. The highest BCUT2D eigenvalue weighted by molar-refractivity contribution is 7.13. The average Bonchev–Trinajstić information content (AvgIpc) is 2.81. The molecule has 0 bridgehead atoms. The highest BCUT2D eigenvalue weighted by Gasteiger charge is 2.10. The van der Waals surface area contributed by atoms with Crippen LogP contribution in [0.2, 0.25) is 0 Å². The monoisotopic (exact) mass is 270 g/mol. The summed E-state index contributed by atoms with van der Waals surface area (Å²) in [6.07, 6.45) is 3.51. The molecule has 3 nitrogen and oxygen atoms in total. The van der Waals surface area contributed by atoms with Gasteiger partial charge in [-0.3, -0.25) is 14.2 Å². The van der Waals surface area contributed by atoms with E-state index in [-0.39, 0.29) is 5.56 Å². The van der Waals surface area contributed by atoms with E-state index >= 15 is 0 Å². The van der Waals surface area contributed by atoms with Crippen molar-refractivity contribution < 1.29 is 0 Å². The summed E-state index contributed by atoms with van der Waals surface area (Å²) < 4.78 is 3.85. The van der Waals surface area contributed by atoms with Crippen LogP contribution in [0.25, 0.3) is 10.1 Å². The fourth-order valence-electron chi connectivity index (χ4n) is 2.34. The maximum Gasteiger partial charge on any atom is 0.266 e. The van der Waals surface area contributed by atoms with Gasteiger partial charge in [-0.15, -0.1) is 0 Å². The SMILES string of the molecule is Cc1ccc2s[nH]c(=O)c2c1CCc1ccccn1. The normalized spacial score (nSPS) is 11.0. The second-order valence-electron chi connectivity index (χ2n) is 4.59. The maximum atomic E-state index is 11.9. The van der Waals surface area contributed by atoms with Gasteiger partial charge in [-0.25, -0.2) is 0 Å². The van der Waals surface area contributed by atoms with Crippen molar-refractivity contribution in [1.29, 1.82) is 0 Å². The van der Waals surface area contributed by atoms with Crippen LogP contribution in [0, 0.1) is 6.92 Å². The topological polar surface area (TPSA) is 45.8 Å². The van der Waals surface area contributed by atoms with Crippen LogP contribution in [0.15, 0.2) is 41.3 Å². The highest BCUT2D eigenvalue weighted by atomic mass is 32.1. The first-order valence-corrected chi connectivity index (χ1v) is 7.07. The molecule has 0 unspecified atom stereocenters. The maximum absolute atomic E-state index is 11.9. The largest absolute Gasteiger partial charge is 0.277 e. The summed E-state index contributed by atoms with van der Waals surface area (Å²) in [4.78, 5) is 16.2. The van der Waals surface area contributed by atoms with Crippen LogP contribution < -0.4 is 5.56 Å². The Morgan fingerprint density at radius 3 is 2.89 bits per heavy atom. The number of nitrogens with one attached hydrogen (secondary N) is 1. The first-order valence-electron chi connectivity index (χ1n) is 6.25. The van der Waals surface area contributed by atoms with E-state index in [2.05, 4.69) is 22.3 Å². The lowest BCUT2D eigenvalue weighted by Crippen LogP contribution is -2.04. The van der Waals surface area contributed by atoms with Gasteiger partial charge in [-0.1, -0.05) is 23.7 Å². The van der Waals surface area contributed by atoms with Crippen molar-refractivity contribution in [2.75, 3.05) is 0 Å². The lowest BCUT2D eigenvalue weighted by molar-refractivity contribution is 0.913. The van der Waals surface area contributed by atoms with Crippen molar-refractivity contribution in [1.82, 2.24) is 9.36 Å². The molecule has 0 aliphatic heterocycles. The summed E-state index contributed by atoms with van der Waals surface area (Å²) in [6, 6.07) is 10.0. The van der Waals surface area contributed by atoms with Gasteiger partial charge in [0.05, 0.1) is 10.1 Å². The Morgan fingerprint density at radius 1 is 1.21 bits per heavy atom. The lowest BCUT2D eigenvalue weighted by atomic mass is 9.99. The van der Waals surface area contributed by atoms with Crippen molar-refractivity contribution in [2.45, 2.75) is 19.8 Å². The molecule has 2 aromatic heterocycles. The molecule has 3 aromatic rings. The summed E-state index contributed by atoms with van der Waals surface area (Å²) in [5.74, 6) is 0. The van der Waals surface area contributed by atoms with E-state index in [1.807, 2.05) is 24.3 Å². The van der Waals surface area contributed by atoms with Gasteiger partial charge in [-0.05, 0) is 49.1 Å². The molecule has 3 rings (SSSR count). The lowest BCUT2D eigenvalue weighted by Gasteiger charge is -2.06. The number of pyridine rings is 1. The van der Waals surface area contributed by atoms with E-state index in [0.29, 0.717) is 0 Å². The fraction of sp³-hybridized carbons (Fsp3) is 0.200. The molecule has 0 aliphatic carbocycles. The third-order valence-corrected chi connectivity index (χ3v) is 4.19. The molecule has 0 spiro atoms. The van der Waals surface area contributed by atoms with Crippen LogP contribution in [0.1, 0.15) is 16.8 Å². The Kier molecular flexibility index (Phi) is 3.17. The zero-order valence-corrected chi connectivity index (χ0v) is 11.5. The van der Waals surface area contributed by atoms with E-state index in [1.54, 1.807) is 6.20 Å². The van der Waals surface area contributed by atoms with Gasteiger partial charge in [0.25, 0.3) is 5.56 Å². The minimum atomic E-state index is 0.0275. The molecule has 0 radical (unpaired) electrons. The quantitative estimate of drug-likeness (QED) is 0.795. The Labute approximate surface area is 115 Å². The number of H-pyrrole nitrogens is 1. The first kappa shape index (κ1) is 12.1. The predicted octanol–water partition coefficient (Wildman–Crippen LogP) is 3.08. The van der Waals surface area contributed by atoms with Gasteiger partial charge in [0.2, 0.25) is 0 Å². The zero-order valence-electron chi connectivity index (χ0n) is 10.6. The number of benzene rings is 1. The van der Waals surface area contributed by atoms with Gasteiger partial charge in [-0.2, -0.15) is 0 Å². The number of nitrogens with zero attached hydrogens (tertiary/aromatic N) is 1. The molecule has 0 saturated heterocycles. The highest BCUT2D eigenvalue weighted by Crippen LogP contribution is 2.23. The number of rotatable bonds is 3. The molecule has 0 fully saturated rings. The van der Waals surface area contributed by atoms with Crippen LogP contribution in [0.3, 0.4) is 0 Å². The first-order chi connectivity index (χ1) is 9.25. The van der Waals surface area contributed by atoms with Crippen LogP contribution in [0.5, 0.6) is 0 Å². The van der Waals surface area contributed by atoms with Crippen LogP contribution in [-0.2, 0) is 12.8 Å². The smallest absolute Gasteiger partial charge is 0.266 e. The fourth-order valence-corrected chi connectivity index (χ4v) is 3.10. The van der Waals surface area contributed by atoms with Gasteiger partial charge in [0.15, 0.2) is 0 Å². The van der Waals surface area contributed by atoms with Crippen LogP contribution in [-0.4, -0.2) is 9.36 Å². The Bertz CT molecular complexity index is 759. The summed E-state index contributed by atoms with van der Waals surface area (Å²) in [7, 11) is 0. The summed E-state index contributed by atoms with van der Waals surface area (Å²) >= 11 is 1.41. The summed E-state index contributed by atoms with van der Waals surface area (Å²) in [6.45, 7) is 2.06. The molecule has 0 atom stereocenters. The molecule has 1 aromatic carbocycles. The molecule has 2 heterocycles. The van der Waals surface area contributed by atoms with Gasteiger partial charge >= 0.3 is 0 Å². The summed E-state index contributed by atoms with van der Waals surface area (Å²) in [5.41, 5.74) is 3.41. The Morgan fingerprint density at radius 2 is 2.11 bits per heavy atom. The number of aromatic amines is 1. The minimum absolute atomic E-state index is 0.0275. The van der Waals surface area contributed by atoms with Crippen molar-refractivity contribution in [3.63, 3.8) is 0 Å². The molecule has 1 N–H and O–H groups in total. The molecule has 96 valence electrons. The van der Waals surface area contributed by atoms with Gasteiger partial charge < -0.3 is 0 Å². The van der Waals surface area contributed by atoms with Gasteiger partial charge in [0.1, 0.15) is 0 Å². The number of aromatic nitrogens is 2. The molecular formula is C15H14N2OS. The Hall–Kier alpha value is -1.94. The van der Waals surface area contributed by atoms with E-state index in [9.17, 15) is 4.79 Å². The zero-order chi connectivity index (χ0) is 13.2. The number of fused-ring (bicyclic) bond motifs is 1. The third-order valence-electron chi connectivity index (χ3n) is 3.35. The van der Waals surface area contributed by atoms with Crippen molar-refractivity contribution in [3.8, 4) is 0 Å². The van der Waals surface area contributed by atoms with Gasteiger partial charge in [0, 0.05) is 11.9 Å². The number of hydrogen-bond donors (Lipinski definition) is 1.